The minimum Gasteiger partial charge on any atom is -0.365 e. The normalized spacial score (nSPS) is 16.9. The Kier molecular flexibility index (Phi) is 7.79. The van der Waals surface area contributed by atoms with Gasteiger partial charge in [0.25, 0.3) is 11.5 Å². The summed E-state index contributed by atoms with van der Waals surface area (Å²) in [5.41, 5.74) is -2.32. The number of amides is 3. The maximum Gasteiger partial charge on any atom is 0.331 e. The molecular weight excluding hydrogens is 557 g/mol. The molecule has 0 spiro atoms. The second kappa shape index (κ2) is 11.3. The standard InChI is InChI=1S/C28H27F3N6O5/c1-14(2)37-23-10-20(31)21(8-17(23)26(39)36(28(37)41)12-15-3-4-15)34-27(40)35-5-6-42-24(13-35)25(38)33-22-9-18(29)16(11-32)7-19(22)30/h7-10,14-15,24H,3-6,12-13H2,1-2H3,(H,33,38)(H,34,40)/t24-/m1/s1. The second-order valence-electron chi connectivity index (χ2n) is 10.6. The average Bonchev–Trinajstić information content (AvgIpc) is 3.78. The van der Waals surface area contributed by atoms with Crippen LogP contribution in [0.25, 0.3) is 10.9 Å². The Morgan fingerprint density at radius 2 is 1.74 bits per heavy atom. The number of nitrogens with one attached hydrogen (secondary N) is 2. The zero-order valence-electron chi connectivity index (χ0n) is 22.7. The number of anilines is 2. The van der Waals surface area contributed by atoms with Crippen molar-refractivity contribution in [1.82, 2.24) is 14.0 Å². The molecular formula is C28H27F3N6O5. The number of halogens is 3. The van der Waals surface area contributed by atoms with Crippen LogP contribution in [-0.4, -0.2) is 51.8 Å². The first-order chi connectivity index (χ1) is 20.0. The Labute approximate surface area is 237 Å². The average molecular weight is 585 g/mol. The van der Waals surface area contributed by atoms with Crippen molar-refractivity contribution in [2.24, 2.45) is 5.92 Å². The summed E-state index contributed by atoms with van der Waals surface area (Å²) in [6.07, 6.45) is 0.557. The highest BCUT2D eigenvalue weighted by atomic mass is 19.1. The number of morpholine rings is 1. The fraction of sp³-hybridized carbons (Fsp3) is 0.393. The Hall–Kier alpha value is -4.64. The molecule has 2 aliphatic rings. The summed E-state index contributed by atoms with van der Waals surface area (Å²) in [6.45, 7) is 3.41. The fourth-order valence-corrected chi connectivity index (χ4v) is 4.84. The predicted octanol–water partition coefficient (Wildman–Crippen LogP) is 3.31. The molecule has 14 heteroatoms. The van der Waals surface area contributed by atoms with E-state index in [-0.39, 0.29) is 54.8 Å². The molecule has 1 saturated carbocycles. The molecule has 0 unspecified atom stereocenters. The van der Waals surface area contributed by atoms with Crippen molar-refractivity contribution in [2.75, 3.05) is 30.3 Å². The number of carbonyl (C=O) groups is 2. The monoisotopic (exact) mass is 584 g/mol. The number of benzene rings is 2. The SMILES string of the molecule is CC(C)n1c(=O)n(CC2CC2)c(=O)c2cc(NC(=O)N3CCO[C@@H](C(=O)Nc4cc(F)c(C#N)cc4F)C3)c(F)cc21. The zero-order chi connectivity index (χ0) is 30.3. The van der Waals surface area contributed by atoms with Gasteiger partial charge in [0.1, 0.15) is 23.5 Å². The summed E-state index contributed by atoms with van der Waals surface area (Å²) in [6, 6.07) is 3.88. The van der Waals surface area contributed by atoms with Gasteiger partial charge >= 0.3 is 11.7 Å². The topological polar surface area (TPSA) is 138 Å². The van der Waals surface area contributed by atoms with Crippen molar-refractivity contribution < 1.29 is 27.5 Å². The van der Waals surface area contributed by atoms with Gasteiger partial charge in [-0.05, 0) is 44.7 Å². The quantitative estimate of drug-likeness (QED) is 0.456. The second-order valence-corrected chi connectivity index (χ2v) is 10.6. The lowest BCUT2D eigenvalue weighted by molar-refractivity contribution is -0.131. The van der Waals surface area contributed by atoms with Crippen LogP contribution in [0.15, 0.2) is 33.9 Å². The van der Waals surface area contributed by atoms with Gasteiger partial charge < -0.3 is 20.3 Å². The number of hydrogen-bond acceptors (Lipinski definition) is 6. The van der Waals surface area contributed by atoms with Crippen molar-refractivity contribution in [2.45, 2.75) is 45.4 Å². The Bertz CT molecular complexity index is 1760. The molecule has 1 atom stereocenters. The lowest BCUT2D eigenvalue weighted by Gasteiger charge is -2.32. The van der Waals surface area contributed by atoms with Crippen molar-refractivity contribution in [3.05, 3.63) is 68.1 Å². The molecule has 2 fully saturated rings. The van der Waals surface area contributed by atoms with E-state index in [0.29, 0.717) is 12.1 Å². The first-order valence-electron chi connectivity index (χ1n) is 13.3. The highest BCUT2D eigenvalue weighted by molar-refractivity contribution is 5.96. The Balaban J connectivity index is 1.36. The summed E-state index contributed by atoms with van der Waals surface area (Å²) < 4.78 is 51.2. The van der Waals surface area contributed by atoms with Gasteiger partial charge in [-0.15, -0.1) is 0 Å². The minimum atomic E-state index is -1.26. The van der Waals surface area contributed by atoms with E-state index in [2.05, 4.69) is 10.6 Å². The van der Waals surface area contributed by atoms with E-state index in [0.717, 1.165) is 23.5 Å². The Morgan fingerprint density at radius 3 is 2.40 bits per heavy atom. The minimum absolute atomic E-state index is 0.0335. The number of ether oxygens (including phenoxy) is 1. The number of nitrogens with zero attached hydrogens (tertiary/aromatic N) is 4. The molecule has 1 aliphatic carbocycles. The van der Waals surface area contributed by atoms with Gasteiger partial charge in [0.05, 0.1) is 41.0 Å². The van der Waals surface area contributed by atoms with Gasteiger partial charge in [0, 0.05) is 31.3 Å². The van der Waals surface area contributed by atoms with Crippen LogP contribution in [0.1, 0.15) is 38.3 Å². The highest BCUT2D eigenvalue weighted by Crippen LogP contribution is 2.30. The van der Waals surface area contributed by atoms with Crippen molar-refractivity contribution in [3.63, 3.8) is 0 Å². The van der Waals surface area contributed by atoms with E-state index in [1.807, 2.05) is 0 Å². The molecule has 0 radical (unpaired) electrons. The molecule has 2 heterocycles. The summed E-state index contributed by atoms with van der Waals surface area (Å²) in [4.78, 5) is 53.3. The molecule has 11 nitrogen and oxygen atoms in total. The molecule has 1 aromatic heterocycles. The maximum absolute atomic E-state index is 15.2. The first kappa shape index (κ1) is 28.9. The summed E-state index contributed by atoms with van der Waals surface area (Å²) in [7, 11) is 0. The third-order valence-electron chi connectivity index (χ3n) is 7.23. The molecule has 1 aliphatic heterocycles. The summed E-state index contributed by atoms with van der Waals surface area (Å²) in [5.74, 6) is -3.56. The first-order valence-corrected chi connectivity index (χ1v) is 13.3. The van der Waals surface area contributed by atoms with Gasteiger partial charge in [-0.3, -0.25) is 18.7 Å². The van der Waals surface area contributed by atoms with Gasteiger partial charge in [-0.25, -0.2) is 22.8 Å². The molecule has 0 bridgehead atoms. The summed E-state index contributed by atoms with van der Waals surface area (Å²) >= 11 is 0. The Morgan fingerprint density at radius 1 is 1.05 bits per heavy atom. The van der Waals surface area contributed by atoms with Crippen molar-refractivity contribution in [3.8, 4) is 6.07 Å². The van der Waals surface area contributed by atoms with Crippen LogP contribution < -0.4 is 21.9 Å². The van der Waals surface area contributed by atoms with Crippen LogP contribution in [0.5, 0.6) is 0 Å². The van der Waals surface area contributed by atoms with Crippen molar-refractivity contribution in [1.29, 1.82) is 5.26 Å². The van der Waals surface area contributed by atoms with Gasteiger partial charge in [0.15, 0.2) is 6.10 Å². The van der Waals surface area contributed by atoms with Crippen LogP contribution in [0.3, 0.4) is 0 Å². The molecule has 3 aromatic rings. The van der Waals surface area contributed by atoms with Gasteiger partial charge in [0.2, 0.25) is 0 Å². The molecule has 220 valence electrons. The number of hydrogen-bond donors (Lipinski definition) is 2. The number of rotatable bonds is 6. The molecule has 2 N–H and O–H groups in total. The lowest BCUT2D eigenvalue weighted by Crippen LogP contribution is -2.51. The van der Waals surface area contributed by atoms with Crippen LogP contribution in [0.4, 0.5) is 29.3 Å². The van der Waals surface area contributed by atoms with E-state index < -0.39 is 58.0 Å². The van der Waals surface area contributed by atoms with Crippen LogP contribution in [-0.2, 0) is 16.1 Å². The number of fused-ring (bicyclic) bond motifs is 1. The molecule has 5 rings (SSSR count). The number of urea groups is 1. The molecule has 1 saturated heterocycles. The number of aromatic nitrogens is 2. The maximum atomic E-state index is 15.2. The lowest BCUT2D eigenvalue weighted by atomic mass is 10.1. The van der Waals surface area contributed by atoms with Gasteiger partial charge in [-0.2, -0.15) is 5.26 Å². The predicted molar refractivity (Wildman–Crippen MR) is 146 cm³/mol. The number of nitriles is 1. The third-order valence-corrected chi connectivity index (χ3v) is 7.23. The smallest absolute Gasteiger partial charge is 0.331 e. The van der Waals surface area contributed by atoms with Gasteiger partial charge in [-0.1, -0.05) is 0 Å². The van der Waals surface area contributed by atoms with Crippen molar-refractivity contribution >= 4 is 34.2 Å². The fourth-order valence-electron chi connectivity index (χ4n) is 4.84. The van der Waals surface area contributed by atoms with E-state index >= 15 is 4.39 Å². The highest BCUT2D eigenvalue weighted by Gasteiger charge is 2.31. The largest absolute Gasteiger partial charge is 0.365 e. The van der Waals surface area contributed by atoms with E-state index in [1.54, 1.807) is 13.8 Å². The zero-order valence-corrected chi connectivity index (χ0v) is 22.7. The van der Waals surface area contributed by atoms with E-state index in [1.165, 1.54) is 21.6 Å². The van der Waals surface area contributed by atoms with Crippen LogP contribution >= 0.6 is 0 Å². The summed E-state index contributed by atoms with van der Waals surface area (Å²) in [5, 5.41) is 13.5. The number of carbonyl (C=O) groups excluding carboxylic acids is 2. The molecule has 3 amide bonds. The molecule has 42 heavy (non-hydrogen) atoms. The van der Waals surface area contributed by atoms with E-state index in [9.17, 15) is 28.0 Å². The molecule has 2 aromatic carbocycles. The van der Waals surface area contributed by atoms with Crippen LogP contribution in [0.2, 0.25) is 0 Å². The third kappa shape index (κ3) is 5.60. The van der Waals surface area contributed by atoms with Crippen LogP contribution in [0, 0.1) is 34.7 Å². The van der Waals surface area contributed by atoms with E-state index in [4.69, 9.17) is 10.00 Å².